The summed E-state index contributed by atoms with van der Waals surface area (Å²) in [5, 5.41) is 11.8. The van der Waals surface area contributed by atoms with Crippen LogP contribution < -0.4 is 5.32 Å². The Bertz CT molecular complexity index is 621. The second kappa shape index (κ2) is 9.66. The molecule has 144 valence electrons. The molecule has 2 N–H and O–H groups in total. The minimum atomic E-state index is -0.858. The quantitative estimate of drug-likeness (QED) is 0.728. The summed E-state index contributed by atoms with van der Waals surface area (Å²) in [5.74, 6) is -0.497. The van der Waals surface area contributed by atoms with Crippen LogP contribution in [0.1, 0.15) is 25.3 Å². The average molecular weight is 363 g/mol. The van der Waals surface area contributed by atoms with E-state index in [-0.39, 0.29) is 18.6 Å². The maximum Gasteiger partial charge on any atom is 0.317 e. The topological polar surface area (TPSA) is 82.1 Å². The molecule has 0 aliphatic carbocycles. The van der Waals surface area contributed by atoms with Crippen molar-refractivity contribution >= 4 is 17.6 Å². The lowest BCUT2D eigenvalue weighted by Gasteiger charge is -2.34. The first-order chi connectivity index (χ1) is 12.3. The number of morpholine rings is 1. The molecule has 1 aliphatic heterocycles. The van der Waals surface area contributed by atoms with E-state index < -0.39 is 5.97 Å². The fourth-order valence-corrected chi connectivity index (χ4v) is 3.06. The van der Waals surface area contributed by atoms with Crippen LogP contribution in [0.2, 0.25) is 0 Å². The number of carbonyl (C=O) groups is 2. The van der Waals surface area contributed by atoms with Gasteiger partial charge in [0.2, 0.25) is 5.91 Å². The number of ether oxygens (including phenoxy) is 1. The fraction of sp³-hybridized carbons (Fsp3) is 0.579. The molecule has 0 bridgehead atoms. The highest BCUT2D eigenvalue weighted by molar-refractivity contribution is 5.92. The van der Waals surface area contributed by atoms with Gasteiger partial charge in [-0.05, 0) is 30.7 Å². The van der Waals surface area contributed by atoms with Crippen LogP contribution in [0.4, 0.5) is 5.69 Å². The van der Waals surface area contributed by atoms with E-state index in [0.717, 1.165) is 5.69 Å². The molecule has 0 spiro atoms. The Balaban J connectivity index is 1.82. The molecule has 0 radical (unpaired) electrons. The fourth-order valence-electron chi connectivity index (χ4n) is 3.06. The van der Waals surface area contributed by atoms with Crippen molar-refractivity contribution in [2.45, 2.75) is 25.9 Å². The maximum atomic E-state index is 12.4. The van der Waals surface area contributed by atoms with Crippen molar-refractivity contribution in [2.24, 2.45) is 0 Å². The Hall–Kier alpha value is -1.96. The molecule has 1 heterocycles. The molecule has 1 aromatic rings. The summed E-state index contributed by atoms with van der Waals surface area (Å²) >= 11 is 0. The maximum absolute atomic E-state index is 12.4. The summed E-state index contributed by atoms with van der Waals surface area (Å²) in [7, 11) is 1.75. The third-order valence-corrected chi connectivity index (χ3v) is 4.35. The van der Waals surface area contributed by atoms with Crippen LogP contribution in [0.5, 0.6) is 0 Å². The highest BCUT2D eigenvalue weighted by atomic mass is 16.5. The van der Waals surface area contributed by atoms with Crippen molar-refractivity contribution in [3.63, 3.8) is 0 Å². The van der Waals surface area contributed by atoms with Gasteiger partial charge in [-0.1, -0.05) is 26.0 Å². The number of carboxylic acid groups (broad SMARTS) is 1. The lowest BCUT2D eigenvalue weighted by atomic mass is 10.0. The van der Waals surface area contributed by atoms with Crippen molar-refractivity contribution in [1.29, 1.82) is 0 Å². The van der Waals surface area contributed by atoms with E-state index in [1.165, 1.54) is 5.56 Å². The van der Waals surface area contributed by atoms with Crippen molar-refractivity contribution in [1.82, 2.24) is 9.80 Å². The number of rotatable bonds is 8. The van der Waals surface area contributed by atoms with Crippen LogP contribution >= 0.6 is 0 Å². The lowest BCUT2D eigenvalue weighted by molar-refractivity contribution is -0.138. The van der Waals surface area contributed by atoms with E-state index in [2.05, 4.69) is 25.2 Å². The smallest absolute Gasteiger partial charge is 0.317 e. The van der Waals surface area contributed by atoms with E-state index in [0.29, 0.717) is 38.7 Å². The summed E-state index contributed by atoms with van der Waals surface area (Å²) in [6.45, 7) is 6.90. The molecule has 0 saturated carbocycles. The zero-order valence-corrected chi connectivity index (χ0v) is 15.8. The number of aliphatic carboxylic acids is 1. The van der Waals surface area contributed by atoms with E-state index in [1.54, 1.807) is 11.9 Å². The molecular weight excluding hydrogens is 334 g/mol. The Morgan fingerprint density at radius 1 is 1.42 bits per heavy atom. The van der Waals surface area contributed by atoms with Gasteiger partial charge in [0, 0.05) is 25.3 Å². The molecule has 7 heteroatoms. The SMILES string of the molecule is CC(C)c1cccc(NC(=O)CN2CCOC(CN(C)CC(=O)O)C2)c1. The third-order valence-electron chi connectivity index (χ3n) is 4.35. The predicted octanol–water partition coefficient (Wildman–Crippen LogP) is 1.47. The van der Waals surface area contributed by atoms with E-state index in [9.17, 15) is 9.59 Å². The monoisotopic (exact) mass is 363 g/mol. The zero-order valence-electron chi connectivity index (χ0n) is 15.8. The minimum absolute atomic E-state index is 0.0213. The second-order valence-electron chi connectivity index (χ2n) is 7.15. The van der Waals surface area contributed by atoms with Gasteiger partial charge in [-0.25, -0.2) is 0 Å². The van der Waals surface area contributed by atoms with Gasteiger partial charge >= 0.3 is 5.97 Å². The molecule has 1 unspecified atom stereocenters. The molecule has 1 aromatic carbocycles. The van der Waals surface area contributed by atoms with Crippen molar-refractivity contribution in [2.75, 3.05) is 51.7 Å². The molecule has 1 fully saturated rings. The van der Waals surface area contributed by atoms with Crippen LogP contribution in [0.25, 0.3) is 0 Å². The molecule has 1 amide bonds. The Labute approximate surface area is 154 Å². The van der Waals surface area contributed by atoms with Gasteiger partial charge in [0.25, 0.3) is 0 Å². The van der Waals surface area contributed by atoms with Crippen LogP contribution in [-0.4, -0.2) is 79.3 Å². The number of nitrogens with one attached hydrogen (secondary N) is 1. The van der Waals surface area contributed by atoms with E-state index >= 15 is 0 Å². The zero-order chi connectivity index (χ0) is 19.1. The first kappa shape index (κ1) is 20.4. The highest BCUT2D eigenvalue weighted by Crippen LogP contribution is 2.18. The Morgan fingerprint density at radius 2 is 2.19 bits per heavy atom. The molecular formula is C19H29N3O4. The van der Waals surface area contributed by atoms with Crippen LogP contribution in [0, 0.1) is 0 Å². The number of likely N-dealkylation sites (N-methyl/N-ethyl adjacent to an activating group) is 1. The van der Waals surface area contributed by atoms with Gasteiger partial charge in [0.05, 0.1) is 25.8 Å². The molecule has 1 atom stereocenters. The van der Waals surface area contributed by atoms with Gasteiger partial charge in [-0.15, -0.1) is 0 Å². The molecule has 1 aliphatic rings. The number of benzene rings is 1. The number of hydrogen-bond acceptors (Lipinski definition) is 5. The van der Waals surface area contributed by atoms with Gasteiger partial charge in [0.15, 0.2) is 0 Å². The lowest BCUT2D eigenvalue weighted by Crippen LogP contribution is -2.49. The first-order valence-corrected chi connectivity index (χ1v) is 8.97. The minimum Gasteiger partial charge on any atom is -0.480 e. The summed E-state index contributed by atoms with van der Waals surface area (Å²) in [6, 6.07) is 7.91. The summed E-state index contributed by atoms with van der Waals surface area (Å²) < 4.78 is 5.69. The average Bonchev–Trinajstić information content (AvgIpc) is 2.54. The largest absolute Gasteiger partial charge is 0.480 e. The van der Waals surface area contributed by atoms with Crippen LogP contribution in [-0.2, 0) is 14.3 Å². The normalized spacial score (nSPS) is 18.3. The van der Waals surface area contributed by atoms with Gasteiger partial charge in [0.1, 0.15) is 0 Å². The number of nitrogens with zero attached hydrogens (tertiary/aromatic N) is 2. The number of amides is 1. The number of hydrogen-bond donors (Lipinski definition) is 2. The second-order valence-corrected chi connectivity index (χ2v) is 7.15. The summed E-state index contributed by atoms with van der Waals surface area (Å²) in [5.41, 5.74) is 2.00. The first-order valence-electron chi connectivity index (χ1n) is 8.97. The standard InChI is InChI=1S/C19H29N3O4/c1-14(2)15-5-4-6-16(9-15)20-18(23)12-22-7-8-26-17(11-22)10-21(3)13-19(24)25/h4-6,9,14,17H,7-8,10-13H2,1-3H3,(H,20,23)(H,24,25). The third kappa shape index (κ3) is 6.74. The number of anilines is 1. The van der Waals surface area contributed by atoms with E-state index in [4.69, 9.17) is 9.84 Å². The van der Waals surface area contributed by atoms with E-state index in [1.807, 2.05) is 23.1 Å². The summed E-state index contributed by atoms with van der Waals surface area (Å²) in [4.78, 5) is 26.9. The Morgan fingerprint density at radius 3 is 2.88 bits per heavy atom. The molecule has 26 heavy (non-hydrogen) atoms. The van der Waals surface area contributed by atoms with Gasteiger partial charge in [-0.3, -0.25) is 19.4 Å². The molecule has 0 aromatic heterocycles. The predicted molar refractivity (Wildman–Crippen MR) is 100 cm³/mol. The van der Waals surface area contributed by atoms with Gasteiger partial charge in [-0.2, -0.15) is 0 Å². The van der Waals surface area contributed by atoms with Crippen molar-refractivity contribution < 1.29 is 19.4 Å². The number of carboxylic acids is 1. The molecule has 1 saturated heterocycles. The molecule has 7 nitrogen and oxygen atoms in total. The highest BCUT2D eigenvalue weighted by Gasteiger charge is 2.23. The number of carbonyl (C=O) groups excluding carboxylic acids is 1. The van der Waals surface area contributed by atoms with Crippen LogP contribution in [0.15, 0.2) is 24.3 Å². The van der Waals surface area contributed by atoms with Crippen molar-refractivity contribution in [3.8, 4) is 0 Å². The molecule has 2 rings (SSSR count). The summed E-state index contributed by atoms with van der Waals surface area (Å²) in [6.07, 6.45) is -0.0924. The Kier molecular flexibility index (Phi) is 7.56. The van der Waals surface area contributed by atoms with Gasteiger partial charge < -0.3 is 15.2 Å². The van der Waals surface area contributed by atoms with Crippen molar-refractivity contribution in [3.05, 3.63) is 29.8 Å². The van der Waals surface area contributed by atoms with Crippen LogP contribution in [0.3, 0.4) is 0 Å².